The molecule has 0 aliphatic heterocycles. The Bertz CT molecular complexity index is 462. The molecule has 4 N–H and O–H groups in total. The Morgan fingerprint density at radius 2 is 2.22 bits per heavy atom. The highest BCUT2D eigenvalue weighted by Crippen LogP contribution is 2.44. The summed E-state index contributed by atoms with van der Waals surface area (Å²) >= 11 is 0. The van der Waals surface area contributed by atoms with Crippen LogP contribution in [0.1, 0.15) is 36.2 Å². The van der Waals surface area contributed by atoms with E-state index in [1.807, 2.05) is 0 Å². The second-order valence-electron chi connectivity index (χ2n) is 5.31. The molecule has 0 aromatic carbocycles. The van der Waals surface area contributed by atoms with E-state index in [4.69, 9.17) is 5.84 Å². The van der Waals surface area contributed by atoms with Crippen molar-refractivity contribution >= 4 is 11.7 Å². The second-order valence-corrected chi connectivity index (χ2v) is 5.31. The van der Waals surface area contributed by atoms with Crippen molar-refractivity contribution in [2.24, 2.45) is 17.7 Å². The zero-order valence-corrected chi connectivity index (χ0v) is 10.2. The molecule has 2 aliphatic carbocycles. The van der Waals surface area contributed by atoms with Gasteiger partial charge in [0.25, 0.3) is 5.91 Å². The van der Waals surface area contributed by atoms with E-state index in [0.717, 1.165) is 12.3 Å². The van der Waals surface area contributed by atoms with Crippen molar-refractivity contribution in [2.45, 2.75) is 31.7 Å². The molecule has 2 aliphatic rings. The molecule has 1 aromatic rings. The average Bonchev–Trinajstić information content (AvgIpc) is 3.01. The van der Waals surface area contributed by atoms with Crippen LogP contribution in [-0.2, 0) is 0 Å². The fraction of sp³-hybridized carbons (Fsp3) is 0.538. The number of nitrogen functional groups attached to an aromatic ring is 1. The first kappa shape index (κ1) is 11.5. The van der Waals surface area contributed by atoms with Crippen LogP contribution < -0.4 is 16.6 Å². The lowest BCUT2D eigenvalue weighted by atomic mass is 9.95. The first-order chi connectivity index (χ1) is 8.76. The summed E-state index contributed by atoms with van der Waals surface area (Å²) in [6.07, 6.45) is 5.00. The van der Waals surface area contributed by atoms with E-state index >= 15 is 0 Å². The molecule has 1 aromatic heterocycles. The first-order valence-corrected chi connectivity index (χ1v) is 6.51. The van der Waals surface area contributed by atoms with Crippen LogP contribution >= 0.6 is 0 Å². The number of carbonyl (C=O) groups excluding carboxylic acids is 1. The Kier molecular flexibility index (Phi) is 2.91. The van der Waals surface area contributed by atoms with Gasteiger partial charge in [0.05, 0.1) is 0 Å². The zero-order valence-electron chi connectivity index (χ0n) is 10.2. The van der Waals surface area contributed by atoms with Gasteiger partial charge in [0.15, 0.2) is 0 Å². The van der Waals surface area contributed by atoms with Crippen molar-refractivity contribution in [1.82, 2.24) is 10.3 Å². The van der Waals surface area contributed by atoms with Crippen molar-refractivity contribution in [3.05, 3.63) is 23.9 Å². The van der Waals surface area contributed by atoms with Crippen LogP contribution in [-0.4, -0.2) is 16.9 Å². The highest BCUT2D eigenvalue weighted by atomic mass is 16.1. The van der Waals surface area contributed by atoms with Gasteiger partial charge in [0, 0.05) is 6.04 Å². The van der Waals surface area contributed by atoms with Gasteiger partial charge in [-0.1, -0.05) is 12.5 Å². The van der Waals surface area contributed by atoms with Crippen LogP contribution in [0.3, 0.4) is 0 Å². The predicted octanol–water partition coefficient (Wildman–Crippen LogP) is 1.29. The van der Waals surface area contributed by atoms with E-state index in [0.29, 0.717) is 23.5 Å². The molecule has 5 nitrogen and oxygen atoms in total. The predicted molar refractivity (Wildman–Crippen MR) is 68.7 cm³/mol. The third-order valence-corrected chi connectivity index (χ3v) is 4.18. The molecule has 0 saturated heterocycles. The summed E-state index contributed by atoms with van der Waals surface area (Å²) in [6.45, 7) is 0. The molecule has 2 fully saturated rings. The van der Waals surface area contributed by atoms with Gasteiger partial charge < -0.3 is 10.7 Å². The molecule has 18 heavy (non-hydrogen) atoms. The highest BCUT2D eigenvalue weighted by molar-refractivity contribution is 5.92. The number of nitrogens with one attached hydrogen (secondary N) is 2. The summed E-state index contributed by atoms with van der Waals surface area (Å²) < 4.78 is 0. The van der Waals surface area contributed by atoms with Crippen molar-refractivity contribution < 1.29 is 4.79 Å². The molecule has 1 heterocycles. The molecular formula is C13H18N4O. The van der Waals surface area contributed by atoms with Gasteiger partial charge in [-0.3, -0.25) is 4.79 Å². The van der Waals surface area contributed by atoms with Gasteiger partial charge >= 0.3 is 0 Å². The second kappa shape index (κ2) is 4.57. The maximum absolute atomic E-state index is 12.1. The third-order valence-electron chi connectivity index (χ3n) is 4.18. The Balaban J connectivity index is 1.67. The summed E-state index contributed by atoms with van der Waals surface area (Å²) in [5.74, 6) is 7.20. The summed E-state index contributed by atoms with van der Waals surface area (Å²) in [5, 5.41) is 3.11. The monoisotopic (exact) mass is 246 g/mol. The van der Waals surface area contributed by atoms with Gasteiger partial charge in [-0.2, -0.15) is 0 Å². The highest BCUT2D eigenvalue weighted by Gasteiger charge is 2.40. The van der Waals surface area contributed by atoms with E-state index < -0.39 is 0 Å². The number of anilines is 1. The van der Waals surface area contributed by atoms with Crippen molar-refractivity contribution in [1.29, 1.82) is 0 Å². The fourth-order valence-electron chi connectivity index (χ4n) is 3.31. The number of hydrazine groups is 1. The summed E-state index contributed by atoms with van der Waals surface area (Å²) in [5.41, 5.74) is 2.88. The molecule has 0 radical (unpaired) electrons. The third kappa shape index (κ3) is 2.06. The number of rotatable bonds is 3. The zero-order chi connectivity index (χ0) is 12.5. The van der Waals surface area contributed by atoms with Crippen LogP contribution in [0.2, 0.25) is 0 Å². The first-order valence-electron chi connectivity index (χ1n) is 6.51. The number of hydrogen-bond acceptors (Lipinski definition) is 4. The smallest absolute Gasteiger partial charge is 0.270 e. The van der Waals surface area contributed by atoms with Crippen LogP contribution in [0.4, 0.5) is 5.82 Å². The average molecular weight is 246 g/mol. The lowest BCUT2D eigenvalue weighted by molar-refractivity contribution is 0.0918. The van der Waals surface area contributed by atoms with Crippen LogP contribution in [0.5, 0.6) is 0 Å². The Morgan fingerprint density at radius 1 is 1.33 bits per heavy atom. The van der Waals surface area contributed by atoms with Crippen molar-refractivity contribution in [3.63, 3.8) is 0 Å². The summed E-state index contributed by atoms with van der Waals surface area (Å²) in [6, 6.07) is 5.56. The van der Waals surface area contributed by atoms with Gasteiger partial charge in [-0.15, -0.1) is 0 Å². The summed E-state index contributed by atoms with van der Waals surface area (Å²) in [7, 11) is 0. The van der Waals surface area contributed by atoms with Crippen molar-refractivity contribution in [2.75, 3.05) is 5.43 Å². The molecule has 3 unspecified atom stereocenters. The number of nitrogens with zero attached hydrogens (tertiary/aromatic N) is 1. The molecule has 96 valence electrons. The van der Waals surface area contributed by atoms with E-state index in [1.165, 1.54) is 19.3 Å². The summed E-state index contributed by atoms with van der Waals surface area (Å²) in [4.78, 5) is 16.3. The standard InChI is InChI=1S/C13H18N4O/c14-17-12-3-1-2-10(15-12)13(18)16-11-7-8-4-5-9(11)6-8/h1-3,8-9,11H,4-7,14H2,(H,15,17)(H,16,18). The number of nitrogens with two attached hydrogens (primary N) is 1. The maximum atomic E-state index is 12.1. The number of fused-ring (bicyclic) bond motifs is 2. The Morgan fingerprint density at radius 3 is 2.89 bits per heavy atom. The topological polar surface area (TPSA) is 80.0 Å². The Labute approximate surface area is 106 Å². The minimum absolute atomic E-state index is 0.0929. The minimum atomic E-state index is -0.0929. The van der Waals surface area contributed by atoms with Gasteiger partial charge in [-0.05, 0) is 43.2 Å². The van der Waals surface area contributed by atoms with E-state index in [2.05, 4.69) is 15.7 Å². The molecule has 2 saturated carbocycles. The lowest BCUT2D eigenvalue weighted by Crippen LogP contribution is -2.38. The van der Waals surface area contributed by atoms with E-state index in [9.17, 15) is 4.79 Å². The number of hydrogen-bond donors (Lipinski definition) is 3. The molecule has 3 rings (SSSR count). The maximum Gasteiger partial charge on any atom is 0.270 e. The molecule has 0 spiro atoms. The molecule has 5 heteroatoms. The minimum Gasteiger partial charge on any atom is -0.348 e. The van der Waals surface area contributed by atoms with E-state index in [-0.39, 0.29) is 5.91 Å². The largest absolute Gasteiger partial charge is 0.348 e. The van der Waals surface area contributed by atoms with Crippen LogP contribution in [0.25, 0.3) is 0 Å². The molecule has 2 bridgehead atoms. The molecule has 3 atom stereocenters. The van der Waals surface area contributed by atoms with Crippen molar-refractivity contribution in [3.8, 4) is 0 Å². The lowest BCUT2D eigenvalue weighted by Gasteiger charge is -2.22. The number of aromatic nitrogens is 1. The van der Waals surface area contributed by atoms with E-state index in [1.54, 1.807) is 18.2 Å². The van der Waals surface area contributed by atoms with Crippen LogP contribution in [0, 0.1) is 11.8 Å². The SMILES string of the molecule is NNc1cccc(C(=O)NC2CC3CCC2C3)n1. The number of pyridine rings is 1. The quantitative estimate of drug-likeness (QED) is 0.554. The Hall–Kier alpha value is -1.62. The molecule has 1 amide bonds. The number of carbonyl (C=O) groups is 1. The van der Waals surface area contributed by atoms with Gasteiger partial charge in [0.2, 0.25) is 0 Å². The van der Waals surface area contributed by atoms with Gasteiger partial charge in [0.1, 0.15) is 11.5 Å². The molecular weight excluding hydrogens is 228 g/mol. The number of amides is 1. The van der Waals surface area contributed by atoms with Crippen LogP contribution in [0.15, 0.2) is 18.2 Å². The normalized spacial score (nSPS) is 29.3. The van der Waals surface area contributed by atoms with Gasteiger partial charge in [-0.25, -0.2) is 10.8 Å². The fourth-order valence-corrected chi connectivity index (χ4v) is 3.31.